The first-order chi connectivity index (χ1) is 12.6. The van der Waals surface area contributed by atoms with Crippen LogP contribution in [0.3, 0.4) is 0 Å². The molecule has 8 nitrogen and oxygen atoms in total. The van der Waals surface area contributed by atoms with Crippen LogP contribution in [0.2, 0.25) is 0 Å². The zero-order valence-corrected chi connectivity index (χ0v) is 15.6. The Kier molecular flexibility index (Phi) is 8.47. The first-order valence-corrected chi connectivity index (χ1v) is 8.23. The lowest BCUT2D eigenvalue weighted by molar-refractivity contribution is -0.140. The van der Waals surface area contributed by atoms with E-state index in [0.29, 0.717) is 11.3 Å². The van der Waals surface area contributed by atoms with Crippen LogP contribution in [-0.4, -0.2) is 55.0 Å². The third-order valence-corrected chi connectivity index (χ3v) is 3.13. The van der Waals surface area contributed by atoms with E-state index in [1.54, 1.807) is 12.1 Å². The molecule has 1 aromatic rings. The quantitative estimate of drug-likeness (QED) is 0.285. The monoisotopic (exact) mass is 380 g/mol. The summed E-state index contributed by atoms with van der Waals surface area (Å²) in [7, 11) is 0. The minimum atomic E-state index is -1.45. The van der Waals surface area contributed by atoms with Gasteiger partial charge in [0.25, 0.3) is 0 Å². The zero-order valence-electron chi connectivity index (χ0n) is 15.6. The van der Waals surface area contributed by atoms with E-state index < -0.39 is 23.5 Å². The van der Waals surface area contributed by atoms with Crippen LogP contribution in [0.25, 0.3) is 0 Å². The van der Waals surface area contributed by atoms with E-state index in [2.05, 4.69) is 6.58 Å². The van der Waals surface area contributed by atoms with Gasteiger partial charge >= 0.3 is 12.1 Å². The number of benzene rings is 1. The van der Waals surface area contributed by atoms with Crippen molar-refractivity contribution in [2.24, 2.45) is 0 Å². The molecule has 0 aromatic heterocycles. The van der Waals surface area contributed by atoms with Crippen molar-refractivity contribution in [2.75, 3.05) is 26.4 Å². The van der Waals surface area contributed by atoms with Crippen LogP contribution >= 0.6 is 0 Å². The molecule has 0 heterocycles. The van der Waals surface area contributed by atoms with Crippen LogP contribution in [0, 0.1) is 0 Å². The van der Waals surface area contributed by atoms with Crippen molar-refractivity contribution in [1.82, 2.24) is 0 Å². The molecule has 0 fully saturated rings. The number of Topliss-reactive ketones (excluding diaryl/α,β-unsaturated/α-hetero) is 1. The second-order valence-corrected chi connectivity index (χ2v) is 6.12. The molecule has 0 unspecified atom stereocenters. The largest absolute Gasteiger partial charge is 0.508 e. The molecule has 0 saturated carbocycles. The van der Waals surface area contributed by atoms with Crippen LogP contribution in [0.5, 0.6) is 5.75 Å². The Morgan fingerprint density at radius 1 is 0.963 bits per heavy atom. The van der Waals surface area contributed by atoms with Crippen molar-refractivity contribution in [2.45, 2.75) is 26.4 Å². The second-order valence-electron chi connectivity index (χ2n) is 6.12. The normalized spacial score (nSPS) is 10.7. The van der Waals surface area contributed by atoms with E-state index >= 15 is 0 Å². The molecule has 0 spiro atoms. The summed E-state index contributed by atoms with van der Waals surface area (Å²) in [6.07, 6.45) is -0.906. The highest BCUT2D eigenvalue weighted by Crippen LogP contribution is 2.17. The molecule has 0 bridgehead atoms. The van der Waals surface area contributed by atoms with Gasteiger partial charge in [-0.05, 0) is 45.0 Å². The van der Waals surface area contributed by atoms with Crippen LogP contribution in [0.4, 0.5) is 4.79 Å². The van der Waals surface area contributed by atoms with Gasteiger partial charge in [-0.2, -0.15) is 0 Å². The molecular formula is C19H24O8. The molecule has 148 valence electrons. The van der Waals surface area contributed by atoms with Crippen molar-refractivity contribution < 1.29 is 38.4 Å². The summed E-state index contributed by atoms with van der Waals surface area (Å²) in [4.78, 5) is 34.3. The minimum absolute atomic E-state index is 0.0469. The molecule has 0 aliphatic rings. The molecule has 0 aliphatic heterocycles. The van der Waals surface area contributed by atoms with Gasteiger partial charge in [-0.15, -0.1) is 0 Å². The minimum Gasteiger partial charge on any atom is -0.490 e. The summed E-state index contributed by atoms with van der Waals surface area (Å²) in [5.41, 5.74) is -0.825. The number of carbonyl (C=O) groups is 3. The lowest BCUT2D eigenvalue weighted by Crippen LogP contribution is -2.30. The molecule has 0 radical (unpaired) electrons. The van der Waals surface area contributed by atoms with Crippen molar-refractivity contribution in [3.05, 3.63) is 42.0 Å². The summed E-state index contributed by atoms with van der Waals surface area (Å²) in [5, 5.41) is 9.69. The number of esters is 1. The standard InChI is InChI=1S/C19H24O8/c1-13(2)17(21)25-10-12-27-18(22)26-11-9-24-15-7-5-14(6-8-15)16(20)19(3,4)23/h5-8,23H,1,9-12H2,2-4H3. The highest BCUT2D eigenvalue weighted by molar-refractivity contribution is 6.01. The van der Waals surface area contributed by atoms with Gasteiger partial charge in [0.2, 0.25) is 0 Å². The van der Waals surface area contributed by atoms with E-state index in [1.807, 2.05) is 0 Å². The first-order valence-electron chi connectivity index (χ1n) is 8.23. The van der Waals surface area contributed by atoms with Crippen LogP contribution in [-0.2, 0) is 19.0 Å². The average molecular weight is 380 g/mol. The predicted octanol–water partition coefficient (Wildman–Crippen LogP) is 2.29. The van der Waals surface area contributed by atoms with Gasteiger partial charge in [-0.1, -0.05) is 6.58 Å². The summed E-state index contributed by atoms with van der Waals surface area (Å²) in [6, 6.07) is 6.23. The van der Waals surface area contributed by atoms with Crippen LogP contribution in [0.15, 0.2) is 36.4 Å². The highest BCUT2D eigenvalue weighted by atomic mass is 16.7. The van der Waals surface area contributed by atoms with Crippen molar-refractivity contribution in [1.29, 1.82) is 0 Å². The summed E-state index contributed by atoms with van der Waals surface area (Å²) in [5.74, 6) is -0.476. The Morgan fingerprint density at radius 3 is 2.00 bits per heavy atom. The lowest BCUT2D eigenvalue weighted by atomic mass is 9.97. The second kappa shape index (κ2) is 10.3. The van der Waals surface area contributed by atoms with Crippen LogP contribution < -0.4 is 4.74 Å². The lowest BCUT2D eigenvalue weighted by Gasteiger charge is -2.15. The third kappa shape index (κ3) is 8.37. The van der Waals surface area contributed by atoms with Gasteiger partial charge in [0.1, 0.15) is 37.8 Å². The smallest absolute Gasteiger partial charge is 0.490 e. The topological polar surface area (TPSA) is 108 Å². The SMILES string of the molecule is C=C(C)C(=O)OCCOC(=O)OCCOc1ccc(C(=O)C(C)(C)O)cc1. The fraction of sp³-hybridized carbons (Fsp3) is 0.421. The van der Waals surface area contributed by atoms with Gasteiger partial charge in [0, 0.05) is 11.1 Å². The highest BCUT2D eigenvalue weighted by Gasteiger charge is 2.24. The van der Waals surface area contributed by atoms with Crippen LogP contribution in [0.1, 0.15) is 31.1 Å². The fourth-order valence-electron chi connectivity index (χ4n) is 1.76. The van der Waals surface area contributed by atoms with E-state index in [9.17, 15) is 19.5 Å². The maximum absolute atomic E-state index is 11.9. The van der Waals surface area contributed by atoms with Crippen molar-refractivity contribution in [3.63, 3.8) is 0 Å². The van der Waals surface area contributed by atoms with E-state index in [-0.39, 0.29) is 32.0 Å². The number of aliphatic hydroxyl groups is 1. The molecular weight excluding hydrogens is 356 g/mol. The predicted molar refractivity (Wildman–Crippen MR) is 95.6 cm³/mol. The Bertz CT molecular complexity index is 670. The fourth-order valence-corrected chi connectivity index (χ4v) is 1.76. The van der Waals surface area contributed by atoms with E-state index in [1.165, 1.54) is 32.9 Å². The number of rotatable bonds is 10. The maximum atomic E-state index is 11.9. The molecule has 1 rings (SSSR count). The molecule has 0 amide bonds. The van der Waals surface area contributed by atoms with E-state index in [0.717, 1.165) is 0 Å². The summed E-state index contributed by atoms with van der Waals surface area (Å²) in [6.45, 7) is 7.58. The van der Waals surface area contributed by atoms with Crippen molar-refractivity contribution >= 4 is 17.9 Å². The Balaban J connectivity index is 2.22. The maximum Gasteiger partial charge on any atom is 0.508 e. The van der Waals surface area contributed by atoms with Gasteiger partial charge in [0.15, 0.2) is 5.78 Å². The number of hydrogen-bond donors (Lipinski definition) is 1. The van der Waals surface area contributed by atoms with E-state index in [4.69, 9.17) is 18.9 Å². The summed E-state index contributed by atoms with van der Waals surface area (Å²) < 4.78 is 19.6. The molecule has 0 aliphatic carbocycles. The summed E-state index contributed by atoms with van der Waals surface area (Å²) >= 11 is 0. The van der Waals surface area contributed by atoms with Gasteiger partial charge in [0.05, 0.1) is 0 Å². The third-order valence-electron chi connectivity index (χ3n) is 3.13. The number of carbonyl (C=O) groups excluding carboxylic acids is 3. The molecule has 8 heteroatoms. The molecule has 0 atom stereocenters. The van der Waals surface area contributed by atoms with Gasteiger partial charge < -0.3 is 24.1 Å². The number of hydrogen-bond acceptors (Lipinski definition) is 8. The zero-order chi connectivity index (χ0) is 20.4. The Labute approximate surface area is 157 Å². The average Bonchev–Trinajstić information content (AvgIpc) is 2.61. The number of ketones is 1. The molecule has 1 aromatic carbocycles. The molecule has 27 heavy (non-hydrogen) atoms. The van der Waals surface area contributed by atoms with Gasteiger partial charge in [-0.3, -0.25) is 4.79 Å². The Hall–Kier alpha value is -2.87. The Morgan fingerprint density at radius 2 is 1.48 bits per heavy atom. The molecule has 1 N–H and O–H groups in total. The van der Waals surface area contributed by atoms with Gasteiger partial charge in [-0.25, -0.2) is 9.59 Å². The first kappa shape index (κ1) is 22.2. The van der Waals surface area contributed by atoms with Crippen molar-refractivity contribution in [3.8, 4) is 5.75 Å². The molecule has 0 saturated heterocycles. The number of ether oxygens (including phenoxy) is 4.